The fourth-order valence-corrected chi connectivity index (χ4v) is 4.70. The van der Waals surface area contributed by atoms with Gasteiger partial charge in [0.1, 0.15) is 5.82 Å². The summed E-state index contributed by atoms with van der Waals surface area (Å²) in [5.41, 5.74) is 6.01. The van der Waals surface area contributed by atoms with Crippen molar-refractivity contribution in [1.82, 2.24) is 25.0 Å². The number of hydrazine groups is 1. The minimum Gasteiger partial charge on any atom is -0.322 e. The van der Waals surface area contributed by atoms with Gasteiger partial charge in [-0.2, -0.15) is 5.10 Å². The van der Waals surface area contributed by atoms with Crippen LogP contribution in [0.4, 0.5) is 14.9 Å². The molecule has 9 nitrogen and oxygen atoms in total. The van der Waals surface area contributed by atoms with Crippen LogP contribution in [0.1, 0.15) is 15.9 Å². The monoisotopic (exact) mass is 515 g/mol. The van der Waals surface area contributed by atoms with E-state index in [0.29, 0.717) is 24.3 Å². The van der Waals surface area contributed by atoms with Crippen molar-refractivity contribution in [1.29, 1.82) is 0 Å². The predicted octanol–water partition coefficient (Wildman–Crippen LogP) is 3.36. The Balaban J connectivity index is 1.50. The second kappa shape index (κ2) is 10.6. The molecule has 0 aliphatic carbocycles. The maximum atomic E-state index is 15.1. The topological polar surface area (TPSA) is 99.7 Å². The molecule has 0 spiro atoms. The number of hydrogen-bond donors (Lipinski definition) is 2. The van der Waals surface area contributed by atoms with Crippen LogP contribution in [0, 0.1) is 5.82 Å². The number of hydrogen-bond acceptors (Lipinski definition) is 5. The van der Waals surface area contributed by atoms with Crippen molar-refractivity contribution < 1.29 is 14.0 Å². The Morgan fingerprint density at radius 1 is 1.00 bits per heavy atom. The summed E-state index contributed by atoms with van der Waals surface area (Å²) in [6, 6.07) is 17.7. The molecule has 0 radical (unpaired) electrons. The van der Waals surface area contributed by atoms with Crippen molar-refractivity contribution in [3.05, 3.63) is 83.8 Å². The standard InChI is InChI=1S/C28H30FN7O2/c1-33-10-12-35(13-11-33)28(38)36(18-22-7-6-21(16-25(22)29)27(37)32-30)24-5-3-4-19(15-24)20-8-9-26-23(14-20)17-31-34(26)2/h3-9,14-17H,10-13,18,30H2,1-2H3,(H,32,37). The zero-order chi connectivity index (χ0) is 26.8. The number of anilines is 1. The van der Waals surface area contributed by atoms with Gasteiger partial charge >= 0.3 is 6.03 Å². The third kappa shape index (κ3) is 5.09. The van der Waals surface area contributed by atoms with Gasteiger partial charge in [-0.25, -0.2) is 15.0 Å². The van der Waals surface area contributed by atoms with E-state index in [1.165, 1.54) is 12.1 Å². The first-order valence-corrected chi connectivity index (χ1v) is 12.4. The first kappa shape index (κ1) is 25.4. The number of rotatable bonds is 5. The van der Waals surface area contributed by atoms with Crippen LogP contribution in [-0.2, 0) is 13.6 Å². The van der Waals surface area contributed by atoms with E-state index >= 15 is 4.39 Å². The van der Waals surface area contributed by atoms with Crippen LogP contribution in [0.5, 0.6) is 0 Å². The van der Waals surface area contributed by atoms with E-state index in [9.17, 15) is 9.59 Å². The minimum atomic E-state index is -0.584. The summed E-state index contributed by atoms with van der Waals surface area (Å²) >= 11 is 0. The van der Waals surface area contributed by atoms with Gasteiger partial charge in [0.25, 0.3) is 5.91 Å². The van der Waals surface area contributed by atoms with Gasteiger partial charge in [0.15, 0.2) is 0 Å². The molecule has 1 aromatic heterocycles. The Morgan fingerprint density at radius 2 is 1.76 bits per heavy atom. The smallest absolute Gasteiger partial charge is 0.322 e. The van der Waals surface area contributed by atoms with Gasteiger partial charge in [0.05, 0.1) is 18.3 Å². The van der Waals surface area contributed by atoms with E-state index in [1.807, 2.05) is 66.8 Å². The highest BCUT2D eigenvalue weighted by atomic mass is 19.1. The van der Waals surface area contributed by atoms with Gasteiger partial charge in [0.2, 0.25) is 0 Å². The highest BCUT2D eigenvalue weighted by Gasteiger charge is 2.26. The highest BCUT2D eigenvalue weighted by Crippen LogP contribution is 2.29. The summed E-state index contributed by atoms with van der Waals surface area (Å²) in [6.07, 6.45) is 1.82. The number of aryl methyl sites for hydroxylation is 1. The number of carbonyl (C=O) groups excluding carboxylic acids is 2. The summed E-state index contributed by atoms with van der Waals surface area (Å²) in [6.45, 7) is 2.71. The molecule has 4 aromatic rings. The quantitative estimate of drug-likeness (QED) is 0.241. The van der Waals surface area contributed by atoms with Crippen LogP contribution < -0.4 is 16.2 Å². The molecule has 2 heterocycles. The normalized spacial score (nSPS) is 14.1. The Bertz CT molecular complexity index is 1490. The van der Waals surface area contributed by atoms with Crippen molar-refractivity contribution in [3.8, 4) is 11.1 Å². The van der Waals surface area contributed by atoms with Gasteiger partial charge in [0, 0.05) is 55.4 Å². The molecule has 196 valence electrons. The highest BCUT2D eigenvalue weighted by molar-refractivity contribution is 5.95. The Labute approximate surface area is 220 Å². The number of piperazine rings is 1. The Morgan fingerprint density at radius 3 is 2.50 bits per heavy atom. The number of aromatic nitrogens is 2. The zero-order valence-electron chi connectivity index (χ0n) is 21.4. The summed E-state index contributed by atoms with van der Waals surface area (Å²) in [5.74, 6) is 4.02. The van der Waals surface area contributed by atoms with Crippen molar-refractivity contribution in [3.63, 3.8) is 0 Å². The minimum absolute atomic E-state index is 0.00657. The van der Waals surface area contributed by atoms with Gasteiger partial charge < -0.3 is 9.80 Å². The Kier molecular flexibility index (Phi) is 7.08. The number of amides is 3. The van der Waals surface area contributed by atoms with E-state index in [-0.39, 0.29) is 18.1 Å². The summed E-state index contributed by atoms with van der Waals surface area (Å²) < 4.78 is 16.9. The molecule has 3 N–H and O–H groups in total. The lowest BCUT2D eigenvalue weighted by molar-refractivity contribution is 0.0953. The third-order valence-electron chi connectivity index (χ3n) is 7.02. The Hall–Kier alpha value is -4.28. The number of nitrogens with zero attached hydrogens (tertiary/aromatic N) is 5. The molecule has 0 unspecified atom stereocenters. The molecule has 1 saturated heterocycles. The summed E-state index contributed by atoms with van der Waals surface area (Å²) in [4.78, 5) is 31.2. The number of carbonyl (C=O) groups is 2. The number of halogens is 1. The van der Waals surface area contributed by atoms with E-state index in [4.69, 9.17) is 5.84 Å². The van der Waals surface area contributed by atoms with Gasteiger partial charge in [-0.3, -0.25) is 19.8 Å². The average Bonchev–Trinajstić information content (AvgIpc) is 3.31. The second-order valence-electron chi connectivity index (χ2n) is 9.53. The van der Waals surface area contributed by atoms with Crippen LogP contribution in [0.3, 0.4) is 0 Å². The number of likely N-dealkylation sites (N-methyl/N-ethyl adjacent to an activating group) is 1. The summed E-state index contributed by atoms with van der Waals surface area (Å²) in [5, 5.41) is 5.34. The number of benzene rings is 3. The number of nitrogen functional groups attached to an aromatic ring is 1. The van der Waals surface area contributed by atoms with Crippen LogP contribution >= 0.6 is 0 Å². The molecule has 3 amide bonds. The molecule has 1 fully saturated rings. The fourth-order valence-electron chi connectivity index (χ4n) is 4.70. The number of nitrogens with two attached hydrogens (primary N) is 1. The lowest BCUT2D eigenvalue weighted by atomic mass is 10.0. The van der Waals surface area contributed by atoms with Crippen LogP contribution in [-0.4, -0.2) is 64.7 Å². The van der Waals surface area contributed by atoms with E-state index in [0.717, 1.165) is 41.2 Å². The molecule has 10 heteroatoms. The van der Waals surface area contributed by atoms with Crippen molar-refractivity contribution in [2.24, 2.45) is 12.9 Å². The zero-order valence-corrected chi connectivity index (χ0v) is 21.4. The molecule has 5 rings (SSSR count). The van der Waals surface area contributed by atoms with E-state index in [2.05, 4.69) is 16.1 Å². The second-order valence-corrected chi connectivity index (χ2v) is 9.53. The lowest BCUT2D eigenvalue weighted by Gasteiger charge is -2.36. The number of fused-ring (bicyclic) bond motifs is 1. The first-order chi connectivity index (χ1) is 18.3. The number of nitrogens with one attached hydrogen (secondary N) is 1. The van der Waals surface area contributed by atoms with Crippen molar-refractivity contribution in [2.45, 2.75) is 6.54 Å². The summed E-state index contributed by atoms with van der Waals surface area (Å²) in [7, 11) is 3.93. The molecule has 3 aromatic carbocycles. The molecular formula is C28H30FN7O2. The maximum Gasteiger partial charge on any atom is 0.324 e. The van der Waals surface area contributed by atoms with Crippen molar-refractivity contribution >= 4 is 28.5 Å². The van der Waals surface area contributed by atoms with Crippen LogP contribution in [0.2, 0.25) is 0 Å². The molecule has 1 aliphatic heterocycles. The third-order valence-corrected chi connectivity index (χ3v) is 7.02. The van der Waals surface area contributed by atoms with E-state index in [1.54, 1.807) is 9.80 Å². The molecule has 1 aliphatic rings. The molecule has 0 saturated carbocycles. The molecule has 38 heavy (non-hydrogen) atoms. The van der Waals surface area contributed by atoms with Gasteiger partial charge in [-0.1, -0.05) is 24.3 Å². The van der Waals surface area contributed by atoms with Gasteiger partial charge in [-0.05, 0) is 54.6 Å². The fraction of sp³-hybridized carbons (Fsp3) is 0.250. The first-order valence-electron chi connectivity index (χ1n) is 12.4. The SMILES string of the molecule is CN1CCN(C(=O)N(Cc2ccc(C(=O)NN)cc2F)c2cccc(-c3ccc4c(cnn4C)c3)c2)CC1. The molecule has 0 bridgehead atoms. The molecule has 0 atom stereocenters. The lowest BCUT2D eigenvalue weighted by Crippen LogP contribution is -2.52. The largest absolute Gasteiger partial charge is 0.324 e. The maximum absolute atomic E-state index is 15.1. The van der Waals surface area contributed by atoms with Crippen molar-refractivity contribution in [2.75, 3.05) is 38.1 Å². The average molecular weight is 516 g/mol. The van der Waals surface area contributed by atoms with Crippen LogP contribution in [0.15, 0.2) is 66.9 Å². The van der Waals surface area contributed by atoms with E-state index < -0.39 is 11.7 Å². The van der Waals surface area contributed by atoms with Gasteiger partial charge in [-0.15, -0.1) is 0 Å². The predicted molar refractivity (Wildman–Crippen MR) is 145 cm³/mol. The number of urea groups is 1. The van der Waals surface area contributed by atoms with Crippen LogP contribution in [0.25, 0.3) is 22.0 Å². The molecular weight excluding hydrogens is 485 g/mol.